The van der Waals surface area contributed by atoms with Crippen molar-refractivity contribution in [3.63, 3.8) is 0 Å². The van der Waals surface area contributed by atoms with Gasteiger partial charge >= 0.3 is 0 Å². The van der Waals surface area contributed by atoms with Crippen LogP contribution < -0.4 is 5.32 Å². The van der Waals surface area contributed by atoms with Crippen LogP contribution in [0.3, 0.4) is 0 Å². The van der Waals surface area contributed by atoms with Gasteiger partial charge in [0.05, 0.1) is 11.0 Å². The Morgan fingerprint density at radius 1 is 0.844 bits per heavy atom. The van der Waals surface area contributed by atoms with Gasteiger partial charge in [0.2, 0.25) is 11.8 Å². The lowest BCUT2D eigenvalue weighted by Gasteiger charge is -2.38. The van der Waals surface area contributed by atoms with E-state index in [4.69, 9.17) is 0 Å². The number of sulfone groups is 1. The van der Waals surface area contributed by atoms with E-state index in [1.165, 1.54) is 6.42 Å². The summed E-state index contributed by atoms with van der Waals surface area (Å²) >= 11 is 0. The first-order valence-electron chi connectivity index (χ1n) is 13.1. The fraction of sp³-hybridized carbons (Fsp3) is 0.920. The normalized spacial score (nSPS) is 34.2. The van der Waals surface area contributed by atoms with Crippen molar-refractivity contribution in [2.24, 2.45) is 17.8 Å². The number of hydrogen-bond donors (Lipinski definition) is 1. The van der Waals surface area contributed by atoms with Crippen LogP contribution in [0.4, 0.5) is 0 Å². The molecule has 0 aromatic carbocycles. The van der Waals surface area contributed by atoms with Gasteiger partial charge < -0.3 is 10.2 Å². The van der Waals surface area contributed by atoms with Crippen LogP contribution in [-0.2, 0) is 19.4 Å². The molecule has 1 heterocycles. The number of amides is 2. The second-order valence-corrected chi connectivity index (χ2v) is 13.4. The maximum Gasteiger partial charge on any atom is 0.225 e. The van der Waals surface area contributed by atoms with E-state index in [9.17, 15) is 18.0 Å². The van der Waals surface area contributed by atoms with Crippen LogP contribution in [0.15, 0.2) is 0 Å². The Bertz CT molecular complexity index is 763. The zero-order chi connectivity index (χ0) is 22.7. The van der Waals surface area contributed by atoms with E-state index in [0.717, 1.165) is 83.6 Å². The molecule has 1 N–H and O–H groups in total. The molecule has 0 radical (unpaired) electrons. The lowest BCUT2D eigenvalue weighted by molar-refractivity contribution is -0.140. The van der Waals surface area contributed by atoms with Crippen LogP contribution in [0, 0.1) is 17.8 Å². The van der Waals surface area contributed by atoms with Crippen LogP contribution >= 0.6 is 0 Å². The minimum absolute atomic E-state index is 0.105. The first-order chi connectivity index (χ1) is 15.3. The van der Waals surface area contributed by atoms with Crippen molar-refractivity contribution in [1.82, 2.24) is 10.2 Å². The molecular formula is C25H42N2O4S. The van der Waals surface area contributed by atoms with E-state index in [0.29, 0.717) is 36.0 Å². The second kappa shape index (κ2) is 10.4. The van der Waals surface area contributed by atoms with Crippen molar-refractivity contribution in [3.8, 4) is 0 Å². The fourth-order valence-corrected chi connectivity index (χ4v) is 8.39. The summed E-state index contributed by atoms with van der Waals surface area (Å²) < 4.78 is 25.0. The van der Waals surface area contributed by atoms with E-state index in [-0.39, 0.29) is 23.1 Å². The van der Waals surface area contributed by atoms with Crippen molar-refractivity contribution in [2.45, 2.75) is 114 Å². The van der Waals surface area contributed by atoms with Crippen molar-refractivity contribution in [3.05, 3.63) is 0 Å². The molecule has 0 aromatic heterocycles. The topological polar surface area (TPSA) is 83.6 Å². The van der Waals surface area contributed by atoms with E-state index in [2.05, 4.69) is 17.1 Å². The molecule has 7 heteroatoms. The molecule has 1 unspecified atom stereocenters. The standard InChI is InChI=1S/C25H42N2O4S/c1-18-4-2-3-15-27(18)25(29)21-9-11-22(12-10-21)26-24(28)16-19-7-13-23(14-8-19)32(30,31)17-20-5-6-20/h18-23H,2-17H2,1H3,(H,26,28). The molecule has 4 aliphatic rings. The molecule has 1 saturated heterocycles. The summed E-state index contributed by atoms with van der Waals surface area (Å²) in [6.07, 6.45) is 12.8. The minimum atomic E-state index is -2.95. The Hall–Kier alpha value is -1.11. The zero-order valence-electron chi connectivity index (χ0n) is 19.8. The van der Waals surface area contributed by atoms with Crippen molar-refractivity contribution >= 4 is 21.7 Å². The Balaban J connectivity index is 1.15. The first kappa shape index (κ1) is 24.0. The van der Waals surface area contributed by atoms with Crippen LogP contribution in [0.2, 0.25) is 0 Å². The second-order valence-electron chi connectivity index (χ2n) is 11.1. The highest BCUT2D eigenvalue weighted by atomic mass is 32.2. The highest BCUT2D eigenvalue weighted by Gasteiger charge is 2.36. The number of nitrogens with one attached hydrogen (secondary N) is 1. The van der Waals surface area contributed by atoms with Gasteiger partial charge in [0.15, 0.2) is 9.84 Å². The van der Waals surface area contributed by atoms with Gasteiger partial charge in [-0.1, -0.05) is 0 Å². The third-order valence-corrected chi connectivity index (χ3v) is 10.9. The number of nitrogens with zero attached hydrogens (tertiary/aromatic N) is 1. The monoisotopic (exact) mass is 466 g/mol. The molecule has 0 aromatic rings. The minimum Gasteiger partial charge on any atom is -0.353 e. The maximum absolute atomic E-state index is 12.9. The number of carbonyl (C=O) groups excluding carboxylic acids is 2. The fourth-order valence-electron chi connectivity index (χ4n) is 6.14. The number of carbonyl (C=O) groups is 2. The molecule has 1 atom stereocenters. The Morgan fingerprint density at radius 3 is 2.12 bits per heavy atom. The molecule has 0 spiro atoms. The van der Waals surface area contributed by atoms with Gasteiger partial charge in [-0.15, -0.1) is 0 Å². The molecular weight excluding hydrogens is 424 g/mol. The molecule has 182 valence electrons. The third kappa shape index (κ3) is 6.27. The van der Waals surface area contributed by atoms with E-state index < -0.39 is 9.84 Å². The van der Waals surface area contributed by atoms with E-state index >= 15 is 0 Å². The molecule has 4 fully saturated rings. The summed E-state index contributed by atoms with van der Waals surface area (Å²) in [6, 6.07) is 0.549. The summed E-state index contributed by atoms with van der Waals surface area (Å²) in [4.78, 5) is 27.6. The third-order valence-electron chi connectivity index (χ3n) is 8.47. The molecule has 32 heavy (non-hydrogen) atoms. The molecule has 3 aliphatic carbocycles. The number of piperidine rings is 1. The smallest absolute Gasteiger partial charge is 0.225 e. The van der Waals surface area contributed by atoms with E-state index in [1.54, 1.807) is 0 Å². The maximum atomic E-state index is 12.9. The largest absolute Gasteiger partial charge is 0.353 e. The van der Waals surface area contributed by atoms with Gasteiger partial charge in [0, 0.05) is 31.0 Å². The van der Waals surface area contributed by atoms with Gasteiger partial charge in [-0.05, 0) is 102 Å². The highest BCUT2D eigenvalue weighted by Crippen LogP contribution is 2.36. The zero-order valence-corrected chi connectivity index (χ0v) is 20.6. The number of hydrogen-bond acceptors (Lipinski definition) is 4. The van der Waals surface area contributed by atoms with Crippen LogP contribution in [0.1, 0.15) is 96.8 Å². The van der Waals surface area contributed by atoms with Crippen LogP contribution in [0.5, 0.6) is 0 Å². The highest BCUT2D eigenvalue weighted by molar-refractivity contribution is 7.92. The van der Waals surface area contributed by atoms with E-state index in [1.807, 2.05) is 0 Å². The lowest BCUT2D eigenvalue weighted by atomic mass is 9.83. The van der Waals surface area contributed by atoms with Gasteiger partial charge in [-0.3, -0.25) is 9.59 Å². The summed E-state index contributed by atoms with van der Waals surface area (Å²) in [5.74, 6) is 1.66. The van der Waals surface area contributed by atoms with Crippen LogP contribution in [0.25, 0.3) is 0 Å². The van der Waals surface area contributed by atoms with Gasteiger partial charge in [0.1, 0.15) is 0 Å². The lowest BCUT2D eigenvalue weighted by Crippen LogP contribution is -2.47. The van der Waals surface area contributed by atoms with Gasteiger partial charge in [-0.2, -0.15) is 0 Å². The van der Waals surface area contributed by atoms with Crippen LogP contribution in [-0.4, -0.2) is 54.8 Å². The molecule has 1 aliphatic heterocycles. The molecule has 3 saturated carbocycles. The number of rotatable bonds is 7. The number of likely N-dealkylation sites (tertiary alicyclic amines) is 1. The molecule has 6 nitrogen and oxygen atoms in total. The van der Waals surface area contributed by atoms with Crippen molar-refractivity contribution in [2.75, 3.05) is 12.3 Å². The summed E-state index contributed by atoms with van der Waals surface area (Å²) in [5.41, 5.74) is 0. The van der Waals surface area contributed by atoms with Crippen molar-refractivity contribution in [1.29, 1.82) is 0 Å². The summed E-state index contributed by atoms with van der Waals surface area (Å²) in [5, 5.41) is 3.03. The average Bonchev–Trinajstić information content (AvgIpc) is 3.58. The predicted molar refractivity (Wildman–Crippen MR) is 126 cm³/mol. The summed E-state index contributed by atoms with van der Waals surface area (Å²) in [6.45, 7) is 3.07. The Labute approximate surface area is 194 Å². The molecule has 2 amide bonds. The van der Waals surface area contributed by atoms with Crippen molar-refractivity contribution < 1.29 is 18.0 Å². The van der Waals surface area contributed by atoms with Gasteiger partial charge in [0.25, 0.3) is 0 Å². The molecule has 4 rings (SSSR count). The summed E-state index contributed by atoms with van der Waals surface area (Å²) in [7, 11) is -2.95. The quantitative estimate of drug-likeness (QED) is 0.618. The van der Waals surface area contributed by atoms with Gasteiger partial charge in [-0.25, -0.2) is 8.42 Å². The predicted octanol–water partition coefficient (Wildman–Crippen LogP) is 3.84. The Morgan fingerprint density at radius 2 is 1.50 bits per heavy atom. The SMILES string of the molecule is CC1CCCCN1C(=O)C1CCC(NC(=O)CC2CCC(S(=O)(=O)CC3CC3)CC2)CC1. The Kier molecular flexibility index (Phi) is 7.84. The first-order valence-corrected chi connectivity index (χ1v) is 14.8. The average molecular weight is 467 g/mol. The molecule has 0 bridgehead atoms.